The van der Waals surface area contributed by atoms with Crippen LogP contribution in [0.25, 0.3) is 22.7 Å². The van der Waals surface area contributed by atoms with Crippen LogP contribution in [-0.4, -0.2) is 38.9 Å². The fourth-order valence-corrected chi connectivity index (χ4v) is 3.33. The summed E-state index contributed by atoms with van der Waals surface area (Å²) in [5, 5.41) is 6.98. The van der Waals surface area contributed by atoms with Gasteiger partial charge in [0.25, 0.3) is 11.1 Å². The molecule has 34 heavy (non-hydrogen) atoms. The van der Waals surface area contributed by atoms with Crippen molar-refractivity contribution in [3.63, 3.8) is 0 Å². The third kappa shape index (κ3) is 4.96. The molecule has 3 heterocycles. The number of hydrogen-bond acceptors (Lipinski definition) is 7. The van der Waals surface area contributed by atoms with E-state index in [0.717, 1.165) is 10.2 Å². The maximum Gasteiger partial charge on any atom is 0.267 e. The Morgan fingerprint density at radius 1 is 1.09 bits per heavy atom. The van der Waals surface area contributed by atoms with Crippen molar-refractivity contribution in [3.8, 4) is 28.5 Å². The maximum atomic E-state index is 12.6. The van der Waals surface area contributed by atoms with Gasteiger partial charge in [0.15, 0.2) is 5.76 Å². The number of nitrogens with one attached hydrogen (secondary N) is 1. The standard InChI is InChI=1S/C24H23N5O5/c1-16(29-22(30)10-9-19(27-29)21-4-3-13-34-21)24(32)25-11-12-28-15-26-20(14-23(28)31)17-5-7-18(33-2)8-6-17/h3-10,13-16H,11-12H2,1-2H3,(H,25,32). The lowest BCUT2D eigenvalue weighted by atomic mass is 10.1. The Morgan fingerprint density at radius 2 is 1.88 bits per heavy atom. The van der Waals surface area contributed by atoms with Crippen molar-refractivity contribution >= 4 is 5.91 Å². The van der Waals surface area contributed by atoms with Gasteiger partial charge in [-0.3, -0.25) is 19.0 Å². The summed E-state index contributed by atoms with van der Waals surface area (Å²) in [4.78, 5) is 41.7. The monoisotopic (exact) mass is 461 g/mol. The highest BCUT2D eigenvalue weighted by atomic mass is 16.5. The molecule has 4 aromatic rings. The van der Waals surface area contributed by atoms with E-state index in [0.29, 0.717) is 22.9 Å². The molecule has 0 spiro atoms. The highest BCUT2D eigenvalue weighted by Crippen LogP contribution is 2.19. The topological polar surface area (TPSA) is 121 Å². The third-order valence-corrected chi connectivity index (χ3v) is 5.26. The summed E-state index contributed by atoms with van der Waals surface area (Å²) in [5.74, 6) is 0.806. The molecule has 1 N–H and O–H groups in total. The Balaban J connectivity index is 1.38. The zero-order chi connectivity index (χ0) is 24.1. The van der Waals surface area contributed by atoms with Gasteiger partial charge in [-0.05, 0) is 49.4 Å². The molecule has 0 aliphatic carbocycles. The minimum absolute atomic E-state index is 0.180. The molecule has 1 amide bonds. The number of benzene rings is 1. The minimum atomic E-state index is -0.852. The van der Waals surface area contributed by atoms with Gasteiger partial charge in [-0.2, -0.15) is 5.10 Å². The summed E-state index contributed by atoms with van der Waals surface area (Å²) in [5.41, 5.74) is 1.13. The van der Waals surface area contributed by atoms with Gasteiger partial charge in [-0.15, -0.1) is 0 Å². The van der Waals surface area contributed by atoms with Crippen LogP contribution in [0.1, 0.15) is 13.0 Å². The third-order valence-electron chi connectivity index (χ3n) is 5.26. The van der Waals surface area contributed by atoms with Gasteiger partial charge in [0, 0.05) is 30.8 Å². The van der Waals surface area contributed by atoms with E-state index >= 15 is 0 Å². The largest absolute Gasteiger partial charge is 0.497 e. The molecule has 0 fully saturated rings. The number of hydrogen-bond donors (Lipinski definition) is 1. The predicted molar refractivity (Wildman–Crippen MR) is 124 cm³/mol. The lowest BCUT2D eigenvalue weighted by molar-refractivity contribution is -0.124. The minimum Gasteiger partial charge on any atom is -0.497 e. The highest BCUT2D eigenvalue weighted by Gasteiger charge is 2.18. The fourth-order valence-electron chi connectivity index (χ4n) is 3.33. The molecule has 174 valence electrons. The van der Waals surface area contributed by atoms with Crippen LogP contribution in [-0.2, 0) is 11.3 Å². The van der Waals surface area contributed by atoms with Gasteiger partial charge in [0.1, 0.15) is 17.5 Å². The summed E-state index contributed by atoms with van der Waals surface area (Å²) in [7, 11) is 1.58. The number of carbonyl (C=O) groups is 1. The molecule has 0 saturated carbocycles. The summed E-state index contributed by atoms with van der Waals surface area (Å²) >= 11 is 0. The van der Waals surface area contributed by atoms with Crippen LogP contribution in [0.15, 0.2) is 81.2 Å². The second-order valence-electron chi connectivity index (χ2n) is 7.48. The van der Waals surface area contributed by atoms with Crippen LogP contribution in [0.5, 0.6) is 5.75 Å². The normalized spacial score (nSPS) is 11.7. The van der Waals surface area contributed by atoms with Crippen molar-refractivity contribution < 1.29 is 13.9 Å². The predicted octanol–water partition coefficient (Wildman–Crippen LogP) is 2.11. The van der Waals surface area contributed by atoms with E-state index in [1.165, 1.54) is 35.4 Å². The van der Waals surface area contributed by atoms with E-state index in [1.54, 1.807) is 38.3 Å². The van der Waals surface area contributed by atoms with Crippen LogP contribution in [0.3, 0.4) is 0 Å². The van der Waals surface area contributed by atoms with Gasteiger partial charge < -0.3 is 14.5 Å². The first-order valence-electron chi connectivity index (χ1n) is 10.6. The first kappa shape index (κ1) is 22.7. The van der Waals surface area contributed by atoms with E-state index in [2.05, 4.69) is 15.4 Å². The van der Waals surface area contributed by atoms with E-state index in [1.807, 2.05) is 12.1 Å². The molecular formula is C24H23N5O5. The number of amides is 1. The van der Waals surface area contributed by atoms with Crippen molar-refractivity contribution in [2.45, 2.75) is 19.5 Å². The summed E-state index contributed by atoms with van der Waals surface area (Å²) in [6, 6.07) is 14.1. The van der Waals surface area contributed by atoms with E-state index in [9.17, 15) is 14.4 Å². The number of nitrogens with zero attached hydrogens (tertiary/aromatic N) is 4. The van der Waals surface area contributed by atoms with Crippen LogP contribution >= 0.6 is 0 Å². The molecule has 3 aromatic heterocycles. The van der Waals surface area contributed by atoms with Crippen molar-refractivity contribution in [2.24, 2.45) is 0 Å². The van der Waals surface area contributed by atoms with E-state index in [4.69, 9.17) is 9.15 Å². The van der Waals surface area contributed by atoms with Crippen LogP contribution < -0.4 is 21.2 Å². The quantitative estimate of drug-likeness (QED) is 0.427. The zero-order valence-electron chi connectivity index (χ0n) is 18.7. The Morgan fingerprint density at radius 3 is 2.56 bits per heavy atom. The molecule has 1 unspecified atom stereocenters. The van der Waals surface area contributed by atoms with Crippen molar-refractivity contribution in [1.29, 1.82) is 0 Å². The molecular weight excluding hydrogens is 438 g/mol. The summed E-state index contributed by atoms with van der Waals surface area (Å²) < 4.78 is 12.9. The molecule has 0 saturated heterocycles. The molecule has 10 nitrogen and oxygen atoms in total. The average Bonchev–Trinajstić information content (AvgIpc) is 3.40. The molecule has 0 aliphatic rings. The average molecular weight is 461 g/mol. The Hall–Kier alpha value is -4.47. The number of furan rings is 1. The number of methoxy groups -OCH3 is 1. The van der Waals surface area contributed by atoms with Gasteiger partial charge in [-0.1, -0.05) is 0 Å². The van der Waals surface area contributed by atoms with Crippen molar-refractivity contribution in [1.82, 2.24) is 24.6 Å². The summed E-state index contributed by atoms with van der Waals surface area (Å²) in [6.45, 7) is 1.98. The molecule has 4 rings (SSSR count). The Bertz CT molecular complexity index is 1390. The van der Waals surface area contributed by atoms with E-state index < -0.39 is 17.5 Å². The molecule has 1 atom stereocenters. The number of rotatable bonds is 8. The number of ether oxygens (including phenoxy) is 1. The van der Waals surface area contributed by atoms with Crippen molar-refractivity contribution in [3.05, 3.63) is 87.9 Å². The van der Waals surface area contributed by atoms with E-state index in [-0.39, 0.29) is 18.6 Å². The zero-order valence-corrected chi connectivity index (χ0v) is 18.7. The molecule has 0 aliphatic heterocycles. The van der Waals surface area contributed by atoms with Gasteiger partial charge in [0.05, 0.1) is 25.4 Å². The second kappa shape index (κ2) is 9.99. The summed E-state index contributed by atoms with van der Waals surface area (Å²) in [6.07, 6.45) is 2.94. The Labute approximate surface area is 194 Å². The molecule has 0 radical (unpaired) electrons. The first-order chi connectivity index (χ1) is 16.5. The van der Waals surface area contributed by atoms with Crippen molar-refractivity contribution in [2.75, 3.05) is 13.7 Å². The molecule has 10 heteroatoms. The second-order valence-corrected chi connectivity index (χ2v) is 7.48. The van der Waals surface area contributed by atoms with Gasteiger partial charge >= 0.3 is 0 Å². The number of carbonyl (C=O) groups excluding carboxylic acids is 1. The SMILES string of the molecule is COc1ccc(-c2cc(=O)n(CCNC(=O)C(C)n3nc(-c4ccco4)ccc3=O)cn2)cc1. The molecule has 0 bridgehead atoms. The van der Waals surface area contributed by atoms with Crippen LogP contribution in [0.2, 0.25) is 0 Å². The van der Waals surface area contributed by atoms with Crippen LogP contribution in [0, 0.1) is 0 Å². The lowest BCUT2D eigenvalue weighted by Crippen LogP contribution is -2.38. The Kier molecular flexibility index (Phi) is 6.67. The molecule has 1 aromatic carbocycles. The maximum absolute atomic E-state index is 12.6. The smallest absolute Gasteiger partial charge is 0.267 e. The van der Waals surface area contributed by atoms with Gasteiger partial charge in [0.2, 0.25) is 5.91 Å². The van der Waals surface area contributed by atoms with Crippen LogP contribution in [0.4, 0.5) is 0 Å². The first-order valence-corrected chi connectivity index (χ1v) is 10.6. The lowest BCUT2D eigenvalue weighted by Gasteiger charge is -2.15. The van der Waals surface area contributed by atoms with Gasteiger partial charge in [-0.25, -0.2) is 9.67 Å². The highest BCUT2D eigenvalue weighted by molar-refractivity contribution is 5.79. The number of aromatic nitrogens is 4. The fraction of sp³-hybridized carbons (Fsp3) is 0.208.